The molecule has 0 fully saturated rings. The Balaban J connectivity index is 3.29. The summed E-state index contributed by atoms with van der Waals surface area (Å²) >= 11 is 0. The van der Waals surface area contributed by atoms with Crippen LogP contribution in [-0.4, -0.2) is 31.0 Å². The van der Waals surface area contributed by atoms with Crippen molar-refractivity contribution in [2.45, 2.75) is 32.6 Å². The molecule has 0 rings (SSSR count). The van der Waals surface area contributed by atoms with Crippen LogP contribution in [0.2, 0.25) is 0 Å². The van der Waals surface area contributed by atoms with E-state index in [0.717, 1.165) is 13.0 Å². The molecule has 0 heterocycles. The number of carbonyl (C=O) groups excluding carboxylic acids is 1. The number of nitrogens with zero attached hydrogens (tertiary/aromatic N) is 1. The third-order valence-corrected chi connectivity index (χ3v) is 2.19. The predicted molar refractivity (Wildman–Crippen MR) is 57.4 cm³/mol. The molecule has 13 heavy (non-hydrogen) atoms. The van der Waals surface area contributed by atoms with Gasteiger partial charge < -0.3 is 4.52 Å². The van der Waals surface area contributed by atoms with Crippen LogP contribution in [0.4, 0.5) is 0 Å². The molecule has 4 heteroatoms. The van der Waals surface area contributed by atoms with Crippen molar-refractivity contribution >= 4 is 15.4 Å². The van der Waals surface area contributed by atoms with E-state index in [-0.39, 0.29) is 5.97 Å². The second kappa shape index (κ2) is 8.46. The van der Waals surface area contributed by atoms with Crippen molar-refractivity contribution < 1.29 is 9.32 Å². The monoisotopic (exact) mass is 205 g/mol. The molecule has 78 valence electrons. The van der Waals surface area contributed by atoms with Crippen molar-refractivity contribution in [1.29, 1.82) is 0 Å². The maximum atomic E-state index is 10.8. The Morgan fingerprint density at radius 2 is 2.08 bits per heavy atom. The van der Waals surface area contributed by atoms with E-state index in [1.165, 1.54) is 19.3 Å². The second-order valence-electron chi connectivity index (χ2n) is 3.29. The molecule has 1 unspecified atom stereocenters. The van der Waals surface area contributed by atoms with Crippen LogP contribution < -0.4 is 0 Å². The Kier molecular flexibility index (Phi) is 8.37. The summed E-state index contributed by atoms with van der Waals surface area (Å²) in [6.07, 6.45) is 4.94. The van der Waals surface area contributed by atoms with E-state index in [0.29, 0.717) is 6.54 Å². The first-order valence-electron chi connectivity index (χ1n) is 4.78. The highest BCUT2D eigenvalue weighted by Crippen LogP contribution is 2.00. The Hall–Kier alpha value is -0.140. The summed E-state index contributed by atoms with van der Waals surface area (Å²) in [5, 5.41) is 0. The number of hydrogen-bond donors (Lipinski definition) is 0. The minimum atomic E-state index is -0.192. The van der Waals surface area contributed by atoms with E-state index in [1.807, 2.05) is 21.4 Å². The number of unbranched alkanes of at least 4 members (excludes halogenated alkanes) is 3. The number of rotatable bonds is 7. The molecular formula is C9H20NO2P. The molecule has 0 radical (unpaired) electrons. The minimum absolute atomic E-state index is 0.192. The molecule has 0 saturated heterocycles. The van der Waals surface area contributed by atoms with Gasteiger partial charge in [-0.2, -0.15) is 0 Å². The molecule has 0 N–H and O–H groups in total. The lowest BCUT2D eigenvalue weighted by Crippen LogP contribution is -2.26. The van der Waals surface area contributed by atoms with Crippen LogP contribution in [0.15, 0.2) is 0 Å². The number of carbonyl (C=O) groups is 1. The second-order valence-corrected chi connectivity index (χ2v) is 3.52. The maximum absolute atomic E-state index is 10.8. The molecule has 0 aromatic heterocycles. The summed E-state index contributed by atoms with van der Waals surface area (Å²) < 4.78 is 4.48. The highest BCUT2D eigenvalue weighted by Gasteiger charge is 2.04. The van der Waals surface area contributed by atoms with Gasteiger partial charge in [0.15, 0.2) is 0 Å². The Morgan fingerprint density at radius 3 is 2.62 bits per heavy atom. The van der Waals surface area contributed by atoms with Crippen LogP contribution in [0.3, 0.4) is 0 Å². The molecule has 0 spiro atoms. The zero-order valence-corrected chi connectivity index (χ0v) is 9.74. The standard InChI is InChI=1S/C9H20NO2P/c1-3-4-5-6-7-10(2)8-9(11)12-13/h3-8,13H2,1-2H3. The van der Waals surface area contributed by atoms with Crippen LogP contribution >= 0.6 is 9.47 Å². The Bertz CT molecular complexity index is 142. The van der Waals surface area contributed by atoms with Crippen LogP contribution in [0, 0.1) is 0 Å². The van der Waals surface area contributed by atoms with Crippen molar-refractivity contribution in [2.75, 3.05) is 20.1 Å². The van der Waals surface area contributed by atoms with E-state index in [4.69, 9.17) is 0 Å². The first kappa shape index (κ1) is 12.9. The number of hydrogen-bond acceptors (Lipinski definition) is 3. The molecule has 0 aliphatic heterocycles. The van der Waals surface area contributed by atoms with Gasteiger partial charge in [0.2, 0.25) is 0 Å². The molecule has 1 atom stereocenters. The molecule has 0 aliphatic rings. The van der Waals surface area contributed by atoms with Gasteiger partial charge in [-0.1, -0.05) is 26.2 Å². The quantitative estimate of drug-likeness (QED) is 0.469. The van der Waals surface area contributed by atoms with E-state index < -0.39 is 0 Å². The van der Waals surface area contributed by atoms with Crippen molar-refractivity contribution in [2.24, 2.45) is 0 Å². The van der Waals surface area contributed by atoms with E-state index in [9.17, 15) is 4.79 Å². The maximum Gasteiger partial charge on any atom is 0.322 e. The topological polar surface area (TPSA) is 29.5 Å². The fourth-order valence-electron chi connectivity index (χ4n) is 1.15. The van der Waals surface area contributed by atoms with E-state index in [1.54, 1.807) is 0 Å². The fraction of sp³-hybridized carbons (Fsp3) is 0.889. The molecule has 0 aromatic rings. The SMILES string of the molecule is CCCCCCN(C)CC(=O)OP. The molecule has 0 saturated carbocycles. The highest BCUT2D eigenvalue weighted by atomic mass is 31.0. The summed E-state index contributed by atoms with van der Waals surface area (Å²) in [6.45, 7) is 3.55. The Morgan fingerprint density at radius 1 is 1.38 bits per heavy atom. The van der Waals surface area contributed by atoms with Crippen LogP contribution in [-0.2, 0) is 9.32 Å². The smallest absolute Gasteiger partial charge is 0.322 e. The summed E-state index contributed by atoms with van der Waals surface area (Å²) in [5.74, 6) is -0.192. The van der Waals surface area contributed by atoms with Gasteiger partial charge in [-0.05, 0) is 20.0 Å². The van der Waals surface area contributed by atoms with E-state index >= 15 is 0 Å². The normalized spacial score (nSPS) is 10.5. The third kappa shape index (κ3) is 8.20. The largest absolute Gasteiger partial charge is 0.451 e. The van der Waals surface area contributed by atoms with Gasteiger partial charge in [0.05, 0.1) is 16.0 Å². The Labute approximate surface area is 83.1 Å². The van der Waals surface area contributed by atoms with Gasteiger partial charge in [0.1, 0.15) is 0 Å². The summed E-state index contributed by atoms with van der Waals surface area (Å²) in [6, 6.07) is 0. The molecule has 0 aromatic carbocycles. The van der Waals surface area contributed by atoms with Crippen LogP contribution in [0.5, 0.6) is 0 Å². The zero-order valence-electron chi connectivity index (χ0n) is 8.58. The highest BCUT2D eigenvalue weighted by molar-refractivity contribution is 7.10. The number of likely N-dealkylation sites (N-methyl/N-ethyl adjacent to an activating group) is 1. The van der Waals surface area contributed by atoms with E-state index in [2.05, 4.69) is 11.4 Å². The van der Waals surface area contributed by atoms with Gasteiger partial charge in [-0.25, -0.2) is 0 Å². The summed E-state index contributed by atoms with van der Waals surface area (Å²) in [4.78, 5) is 12.8. The molecule has 0 amide bonds. The average molecular weight is 205 g/mol. The molecule has 0 bridgehead atoms. The van der Waals surface area contributed by atoms with Gasteiger partial charge >= 0.3 is 5.97 Å². The van der Waals surface area contributed by atoms with Gasteiger partial charge in [0.25, 0.3) is 0 Å². The van der Waals surface area contributed by atoms with Gasteiger partial charge in [0, 0.05) is 0 Å². The van der Waals surface area contributed by atoms with Crippen molar-refractivity contribution in [3.8, 4) is 0 Å². The molecule has 0 aliphatic carbocycles. The lowest BCUT2D eigenvalue weighted by Gasteiger charge is -2.14. The third-order valence-electron chi connectivity index (χ3n) is 1.92. The summed E-state index contributed by atoms with van der Waals surface area (Å²) in [5.41, 5.74) is 0. The minimum Gasteiger partial charge on any atom is -0.451 e. The zero-order chi connectivity index (χ0) is 10.1. The lowest BCUT2D eigenvalue weighted by molar-refractivity contribution is -0.134. The average Bonchev–Trinajstić information content (AvgIpc) is 2.12. The van der Waals surface area contributed by atoms with Crippen molar-refractivity contribution in [1.82, 2.24) is 4.90 Å². The molecule has 3 nitrogen and oxygen atoms in total. The first-order chi connectivity index (χ1) is 6.20. The van der Waals surface area contributed by atoms with Crippen molar-refractivity contribution in [3.63, 3.8) is 0 Å². The van der Waals surface area contributed by atoms with Gasteiger partial charge in [-0.3, -0.25) is 9.69 Å². The lowest BCUT2D eigenvalue weighted by atomic mass is 10.2. The first-order valence-corrected chi connectivity index (χ1v) is 5.26. The predicted octanol–water partition coefficient (Wildman–Crippen LogP) is 1.83. The summed E-state index contributed by atoms with van der Waals surface area (Å²) in [7, 11) is 3.91. The van der Waals surface area contributed by atoms with Crippen LogP contribution in [0.1, 0.15) is 32.6 Å². The fourth-order valence-corrected chi connectivity index (χ4v) is 1.22. The molecular weight excluding hydrogens is 185 g/mol. The van der Waals surface area contributed by atoms with Crippen LogP contribution in [0.25, 0.3) is 0 Å². The van der Waals surface area contributed by atoms with Gasteiger partial charge in [-0.15, -0.1) is 0 Å². The van der Waals surface area contributed by atoms with Crippen molar-refractivity contribution in [3.05, 3.63) is 0 Å².